The van der Waals surface area contributed by atoms with Crippen molar-refractivity contribution in [3.8, 4) is 6.07 Å². The van der Waals surface area contributed by atoms with Gasteiger partial charge in [0.05, 0.1) is 11.6 Å². The van der Waals surface area contributed by atoms with Crippen LogP contribution in [0, 0.1) is 11.3 Å². The van der Waals surface area contributed by atoms with Gasteiger partial charge in [0.15, 0.2) is 6.10 Å². The predicted molar refractivity (Wildman–Crippen MR) is 103 cm³/mol. The third kappa shape index (κ3) is 6.24. The molecule has 0 fully saturated rings. The predicted octanol–water partition coefficient (Wildman–Crippen LogP) is 3.49. The first kappa shape index (κ1) is 20.1. The molecule has 0 heterocycles. The minimum Gasteiger partial charge on any atom is -0.449 e. The Morgan fingerprint density at radius 1 is 1.04 bits per heavy atom. The molecule has 0 saturated heterocycles. The third-order valence-corrected chi connectivity index (χ3v) is 3.94. The van der Waals surface area contributed by atoms with Crippen LogP contribution in [0.25, 0.3) is 0 Å². The lowest BCUT2D eigenvalue weighted by molar-refractivity contribution is -0.123. The second-order valence-electron chi connectivity index (χ2n) is 5.50. The average Bonchev–Trinajstić information content (AvgIpc) is 2.64. The Morgan fingerprint density at radius 3 is 2.19 bits per heavy atom. The number of hydrogen-bond acceptors (Lipinski definition) is 5. The van der Waals surface area contributed by atoms with Crippen molar-refractivity contribution in [3.05, 3.63) is 58.6 Å². The SMILES string of the molecule is CC(OC(=O)c1ccc(NC(=O)CC#N)cc1)C(=O)Nc1ccc(Br)cc1. The van der Waals surface area contributed by atoms with Crippen LogP contribution in [0.15, 0.2) is 53.0 Å². The summed E-state index contributed by atoms with van der Waals surface area (Å²) in [6, 6.07) is 14.7. The van der Waals surface area contributed by atoms with E-state index in [1.165, 1.54) is 31.2 Å². The number of anilines is 2. The van der Waals surface area contributed by atoms with Gasteiger partial charge in [0, 0.05) is 15.8 Å². The summed E-state index contributed by atoms with van der Waals surface area (Å²) < 4.78 is 6.04. The maximum atomic E-state index is 12.2. The van der Waals surface area contributed by atoms with E-state index in [2.05, 4.69) is 26.6 Å². The lowest BCUT2D eigenvalue weighted by Crippen LogP contribution is -2.30. The number of esters is 1. The van der Waals surface area contributed by atoms with Gasteiger partial charge in [-0.05, 0) is 55.5 Å². The zero-order valence-corrected chi connectivity index (χ0v) is 15.9. The number of carbonyl (C=O) groups is 3. The molecule has 0 radical (unpaired) electrons. The highest BCUT2D eigenvalue weighted by Gasteiger charge is 2.19. The van der Waals surface area contributed by atoms with Crippen molar-refractivity contribution in [1.29, 1.82) is 5.26 Å². The van der Waals surface area contributed by atoms with E-state index in [-0.39, 0.29) is 12.0 Å². The number of carbonyl (C=O) groups excluding carboxylic acids is 3. The van der Waals surface area contributed by atoms with Crippen LogP contribution in [0.4, 0.5) is 11.4 Å². The fourth-order valence-corrected chi connectivity index (χ4v) is 2.29. The van der Waals surface area contributed by atoms with Crippen molar-refractivity contribution in [2.75, 3.05) is 10.6 Å². The molecule has 0 saturated carbocycles. The van der Waals surface area contributed by atoms with Gasteiger partial charge in [-0.15, -0.1) is 0 Å². The fourth-order valence-electron chi connectivity index (χ4n) is 2.03. The van der Waals surface area contributed by atoms with Gasteiger partial charge in [0.25, 0.3) is 5.91 Å². The topological polar surface area (TPSA) is 108 Å². The molecule has 0 spiro atoms. The van der Waals surface area contributed by atoms with Gasteiger partial charge in [-0.1, -0.05) is 15.9 Å². The van der Waals surface area contributed by atoms with Crippen LogP contribution in [0.3, 0.4) is 0 Å². The Balaban J connectivity index is 1.91. The molecule has 2 N–H and O–H groups in total. The maximum Gasteiger partial charge on any atom is 0.338 e. The summed E-state index contributed by atoms with van der Waals surface area (Å²) in [5.74, 6) is -1.56. The summed E-state index contributed by atoms with van der Waals surface area (Å²) >= 11 is 3.31. The molecule has 2 aromatic carbocycles. The van der Waals surface area contributed by atoms with E-state index >= 15 is 0 Å². The Hall–Kier alpha value is -3.18. The van der Waals surface area contributed by atoms with E-state index < -0.39 is 23.9 Å². The molecular weight excluding hydrogens is 414 g/mol. The highest BCUT2D eigenvalue weighted by molar-refractivity contribution is 9.10. The molecule has 27 heavy (non-hydrogen) atoms. The van der Waals surface area contributed by atoms with E-state index in [0.717, 1.165) is 4.47 Å². The monoisotopic (exact) mass is 429 g/mol. The number of nitrogens with one attached hydrogen (secondary N) is 2. The number of nitrogens with zero attached hydrogens (tertiary/aromatic N) is 1. The zero-order chi connectivity index (χ0) is 19.8. The quantitative estimate of drug-likeness (QED) is 0.683. The Kier molecular flexibility index (Phi) is 7.08. The molecule has 1 unspecified atom stereocenters. The van der Waals surface area contributed by atoms with E-state index in [1.54, 1.807) is 30.3 Å². The van der Waals surface area contributed by atoms with Crippen LogP contribution >= 0.6 is 15.9 Å². The van der Waals surface area contributed by atoms with E-state index in [4.69, 9.17) is 10.00 Å². The number of halogens is 1. The third-order valence-electron chi connectivity index (χ3n) is 3.41. The highest BCUT2D eigenvalue weighted by atomic mass is 79.9. The van der Waals surface area contributed by atoms with Gasteiger partial charge in [-0.2, -0.15) is 5.26 Å². The van der Waals surface area contributed by atoms with Crippen LogP contribution in [0.5, 0.6) is 0 Å². The summed E-state index contributed by atoms with van der Waals surface area (Å²) in [6.07, 6.45) is -1.24. The van der Waals surface area contributed by atoms with Gasteiger partial charge in [0.1, 0.15) is 6.42 Å². The minimum absolute atomic E-state index is 0.233. The summed E-state index contributed by atoms with van der Waals surface area (Å²) in [7, 11) is 0. The van der Waals surface area contributed by atoms with Crippen LogP contribution < -0.4 is 10.6 Å². The van der Waals surface area contributed by atoms with Crippen LogP contribution in [0.2, 0.25) is 0 Å². The van der Waals surface area contributed by atoms with Crippen molar-refractivity contribution < 1.29 is 19.1 Å². The Labute approximate surface area is 164 Å². The molecule has 0 aromatic heterocycles. The van der Waals surface area contributed by atoms with Crippen molar-refractivity contribution in [2.45, 2.75) is 19.4 Å². The number of amides is 2. The molecule has 138 valence electrons. The molecule has 7 nitrogen and oxygen atoms in total. The number of ether oxygens (including phenoxy) is 1. The standard InChI is InChI=1S/C19H16BrN3O4/c1-12(18(25)23-16-8-4-14(20)5-9-16)27-19(26)13-2-6-15(7-3-13)22-17(24)10-11-21/h2-9,12H,10H2,1H3,(H,22,24)(H,23,25). The first-order valence-electron chi connectivity index (χ1n) is 7.93. The van der Waals surface area contributed by atoms with E-state index in [9.17, 15) is 14.4 Å². The van der Waals surface area contributed by atoms with Crippen LogP contribution in [-0.4, -0.2) is 23.9 Å². The lowest BCUT2D eigenvalue weighted by atomic mass is 10.2. The molecule has 0 aliphatic carbocycles. The first-order valence-corrected chi connectivity index (χ1v) is 8.72. The Morgan fingerprint density at radius 2 is 1.59 bits per heavy atom. The molecule has 8 heteroatoms. The largest absolute Gasteiger partial charge is 0.449 e. The number of rotatable bonds is 6. The second-order valence-corrected chi connectivity index (χ2v) is 6.42. The second kappa shape index (κ2) is 9.50. The van der Waals surface area contributed by atoms with Crippen molar-refractivity contribution >= 4 is 45.1 Å². The summed E-state index contributed by atoms with van der Waals surface area (Å²) in [5, 5.41) is 13.6. The number of benzene rings is 2. The maximum absolute atomic E-state index is 12.2. The van der Waals surface area contributed by atoms with E-state index in [1.807, 2.05) is 0 Å². The summed E-state index contributed by atoms with van der Waals surface area (Å²) in [6.45, 7) is 1.47. The molecule has 2 amide bonds. The average molecular weight is 430 g/mol. The lowest BCUT2D eigenvalue weighted by Gasteiger charge is -2.14. The van der Waals surface area contributed by atoms with E-state index in [0.29, 0.717) is 11.4 Å². The molecular formula is C19H16BrN3O4. The smallest absolute Gasteiger partial charge is 0.338 e. The van der Waals surface area contributed by atoms with Crippen molar-refractivity contribution in [3.63, 3.8) is 0 Å². The van der Waals surface area contributed by atoms with Crippen molar-refractivity contribution in [2.24, 2.45) is 0 Å². The van der Waals surface area contributed by atoms with Gasteiger partial charge < -0.3 is 15.4 Å². The molecule has 0 aliphatic rings. The molecule has 1 atom stereocenters. The summed E-state index contributed by atoms with van der Waals surface area (Å²) in [5.41, 5.74) is 1.27. The summed E-state index contributed by atoms with van der Waals surface area (Å²) in [4.78, 5) is 35.6. The zero-order valence-electron chi connectivity index (χ0n) is 14.4. The van der Waals surface area contributed by atoms with Gasteiger partial charge >= 0.3 is 5.97 Å². The number of hydrogen-bond donors (Lipinski definition) is 2. The molecule has 0 bridgehead atoms. The normalized spacial score (nSPS) is 11.0. The number of nitriles is 1. The van der Waals surface area contributed by atoms with Crippen LogP contribution in [-0.2, 0) is 14.3 Å². The first-order chi connectivity index (χ1) is 12.9. The minimum atomic E-state index is -0.990. The fraction of sp³-hybridized carbons (Fsp3) is 0.158. The highest BCUT2D eigenvalue weighted by Crippen LogP contribution is 2.15. The molecule has 2 aromatic rings. The van der Waals surface area contributed by atoms with Crippen LogP contribution in [0.1, 0.15) is 23.7 Å². The van der Waals surface area contributed by atoms with Gasteiger partial charge in [-0.3, -0.25) is 9.59 Å². The molecule has 0 aliphatic heterocycles. The van der Waals surface area contributed by atoms with Gasteiger partial charge in [-0.25, -0.2) is 4.79 Å². The Bertz CT molecular complexity index is 873. The van der Waals surface area contributed by atoms with Gasteiger partial charge in [0.2, 0.25) is 5.91 Å². The molecule has 2 rings (SSSR count). The van der Waals surface area contributed by atoms with Crippen molar-refractivity contribution in [1.82, 2.24) is 0 Å².